The Morgan fingerprint density at radius 1 is 1.16 bits per heavy atom. The van der Waals surface area contributed by atoms with E-state index in [0.29, 0.717) is 12.1 Å². The molecule has 1 heterocycles. The van der Waals surface area contributed by atoms with E-state index in [1.54, 1.807) is 24.3 Å². The molecule has 0 aliphatic heterocycles. The number of carbonyl (C=O) groups excluding carboxylic acids is 1. The van der Waals surface area contributed by atoms with Crippen molar-refractivity contribution >= 4 is 16.8 Å². The summed E-state index contributed by atoms with van der Waals surface area (Å²) >= 11 is 0. The normalized spacial score (nSPS) is 15.3. The molecule has 0 unspecified atom stereocenters. The van der Waals surface area contributed by atoms with Gasteiger partial charge in [-0.1, -0.05) is 18.2 Å². The van der Waals surface area contributed by atoms with Crippen molar-refractivity contribution in [1.29, 1.82) is 0 Å². The number of H-pyrrole nitrogens is 1. The molecule has 1 fully saturated rings. The summed E-state index contributed by atoms with van der Waals surface area (Å²) < 4.78 is 27.2. The number of hydrogen-bond donors (Lipinski definition) is 2. The highest BCUT2D eigenvalue weighted by molar-refractivity contribution is 5.85. The van der Waals surface area contributed by atoms with Crippen LogP contribution in [0.5, 0.6) is 0 Å². The third-order valence-electron chi connectivity index (χ3n) is 5.00. The fourth-order valence-corrected chi connectivity index (χ4v) is 3.37. The molecule has 2 N–H and O–H groups in total. The van der Waals surface area contributed by atoms with E-state index in [2.05, 4.69) is 10.3 Å². The second kappa shape index (κ2) is 5.99. The standard InChI is InChI=1S/C20H18F2N2O/c21-14-5-6-18-15(10-14)16(11-23-18)20(7-8-20)12-24-19(25)9-13-3-1-2-4-17(13)22/h1-6,10-11,23H,7-9,12H2,(H,24,25). The predicted octanol–water partition coefficient (Wildman–Crippen LogP) is 3.84. The lowest BCUT2D eigenvalue weighted by atomic mass is 9.95. The van der Waals surface area contributed by atoms with Gasteiger partial charge in [-0.25, -0.2) is 8.78 Å². The van der Waals surface area contributed by atoms with Crippen LogP contribution in [-0.2, 0) is 16.6 Å². The van der Waals surface area contributed by atoms with Crippen LogP contribution in [0.4, 0.5) is 8.78 Å². The molecule has 1 aliphatic carbocycles. The van der Waals surface area contributed by atoms with Gasteiger partial charge in [0, 0.05) is 29.1 Å². The Hall–Kier alpha value is -2.69. The quantitative estimate of drug-likeness (QED) is 0.728. The zero-order valence-corrected chi connectivity index (χ0v) is 13.6. The van der Waals surface area contributed by atoms with Gasteiger partial charge in [-0.2, -0.15) is 0 Å². The molecule has 3 aromatic rings. The number of aromatic nitrogens is 1. The number of benzene rings is 2. The van der Waals surface area contributed by atoms with Crippen LogP contribution >= 0.6 is 0 Å². The van der Waals surface area contributed by atoms with E-state index < -0.39 is 0 Å². The van der Waals surface area contributed by atoms with Gasteiger partial charge in [0.05, 0.1) is 6.42 Å². The average molecular weight is 340 g/mol. The van der Waals surface area contributed by atoms with Crippen molar-refractivity contribution in [1.82, 2.24) is 10.3 Å². The van der Waals surface area contributed by atoms with Gasteiger partial charge in [0.2, 0.25) is 5.91 Å². The second-order valence-electron chi connectivity index (χ2n) is 6.72. The Labute approximate surface area is 144 Å². The van der Waals surface area contributed by atoms with Gasteiger partial charge in [0.15, 0.2) is 0 Å². The maximum atomic E-state index is 13.7. The van der Waals surface area contributed by atoms with Crippen LogP contribution < -0.4 is 5.32 Å². The lowest BCUT2D eigenvalue weighted by Gasteiger charge is -2.16. The number of amides is 1. The molecule has 1 aliphatic rings. The number of carbonyl (C=O) groups is 1. The molecule has 1 amide bonds. The molecule has 2 aromatic carbocycles. The summed E-state index contributed by atoms with van der Waals surface area (Å²) in [5, 5.41) is 3.78. The lowest BCUT2D eigenvalue weighted by Crippen LogP contribution is -2.33. The van der Waals surface area contributed by atoms with E-state index in [4.69, 9.17) is 0 Å². The van der Waals surface area contributed by atoms with E-state index in [-0.39, 0.29) is 29.4 Å². The number of nitrogens with one attached hydrogen (secondary N) is 2. The van der Waals surface area contributed by atoms with Gasteiger partial charge in [-0.15, -0.1) is 0 Å². The minimum Gasteiger partial charge on any atom is -0.361 e. The molecular formula is C20H18F2N2O. The Kier molecular flexibility index (Phi) is 3.79. The SMILES string of the molecule is O=C(Cc1ccccc1F)NCC1(c2c[nH]c3ccc(F)cc23)CC1. The van der Waals surface area contributed by atoms with E-state index in [9.17, 15) is 13.6 Å². The smallest absolute Gasteiger partial charge is 0.224 e. The number of aromatic amines is 1. The lowest BCUT2D eigenvalue weighted by molar-refractivity contribution is -0.120. The zero-order valence-electron chi connectivity index (χ0n) is 13.6. The number of fused-ring (bicyclic) bond motifs is 1. The number of hydrogen-bond acceptors (Lipinski definition) is 1. The van der Waals surface area contributed by atoms with E-state index in [1.807, 2.05) is 6.20 Å². The van der Waals surface area contributed by atoms with Crippen LogP contribution in [0.2, 0.25) is 0 Å². The van der Waals surface area contributed by atoms with Gasteiger partial charge in [0.1, 0.15) is 11.6 Å². The first-order valence-electron chi connectivity index (χ1n) is 8.35. The first-order valence-corrected chi connectivity index (χ1v) is 8.35. The van der Waals surface area contributed by atoms with Crippen molar-refractivity contribution in [2.24, 2.45) is 0 Å². The Bertz CT molecular complexity index is 944. The fourth-order valence-electron chi connectivity index (χ4n) is 3.37. The van der Waals surface area contributed by atoms with Crippen LogP contribution in [0.25, 0.3) is 10.9 Å². The summed E-state index contributed by atoms with van der Waals surface area (Å²) in [7, 11) is 0. The molecule has 1 saturated carbocycles. The first kappa shape index (κ1) is 15.8. The zero-order chi connectivity index (χ0) is 17.4. The molecule has 5 heteroatoms. The van der Waals surface area contributed by atoms with Crippen molar-refractivity contribution < 1.29 is 13.6 Å². The van der Waals surface area contributed by atoms with Crippen LogP contribution in [0.3, 0.4) is 0 Å². The maximum Gasteiger partial charge on any atom is 0.224 e. The molecule has 4 rings (SSSR count). The first-order chi connectivity index (χ1) is 12.1. The summed E-state index contributed by atoms with van der Waals surface area (Å²) in [6, 6.07) is 11.0. The van der Waals surface area contributed by atoms with Gasteiger partial charge in [-0.3, -0.25) is 4.79 Å². The molecule has 0 spiro atoms. The molecule has 128 valence electrons. The monoisotopic (exact) mass is 340 g/mol. The van der Waals surface area contributed by atoms with Crippen LogP contribution in [0, 0.1) is 11.6 Å². The number of rotatable bonds is 5. The summed E-state index contributed by atoms with van der Waals surface area (Å²) in [4.78, 5) is 15.3. The minimum atomic E-state index is -0.370. The highest BCUT2D eigenvalue weighted by Gasteiger charge is 2.45. The Morgan fingerprint density at radius 3 is 2.72 bits per heavy atom. The topological polar surface area (TPSA) is 44.9 Å². The molecule has 1 aromatic heterocycles. The Balaban J connectivity index is 1.48. The van der Waals surface area contributed by atoms with Gasteiger partial charge in [-0.05, 0) is 48.2 Å². The van der Waals surface area contributed by atoms with E-state index in [1.165, 1.54) is 18.2 Å². The largest absolute Gasteiger partial charge is 0.361 e. The highest BCUT2D eigenvalue weighted by atomic mass is 19.1. The van der Waals surface area contributed by atoms with Crippen molar-refractivity contribution in [3.63, 3.8) is 0 Å². The summed E-state index contributed by atoms with van der Waals surface area (Å²) in [5.74, 6) is -0.846. The van der Waals surface area contributed by atoms with Crippen molar-refractivity contribution in [2.45, 2.75) is 24.7 Å². The summed E-state index contributed by atoms with van der Waals surface area (Å²) in [6.45, 7) is 0.476. The maximum absolute atomic E-state index is 13.7. The third kappa shape index (κ3) is 3.02. The molecular weight excluding hydrogens is 322 g/mol. The third-order valence-corrected chi connectivity index (χ3v) is 5.00. The van der Waals surface area contributed by atoms with Gasteiger partial charge in [0.25, 0.3) is 0 Å². The van der Waals surface area contributed by atoms with Crippen molar-refractivity contribution in [2.75, 3.05) is 6.54 Å². The van der Waals surface area contributed by atoms with Crippen LogP contribution in [-0.4, -0.2) is 17.4 Å². The molecule has 0 saturated heterocycles. The summed E-state index contributed by atoms with van der Waals surface area (Å²) in [5.41, 5.74) is 2.16. The molecule has 0 radical (unpaired) electrons. The highest BCUT2D eigenvalue weighted by Crippen LogP contribution is 2.50. The molecule has 3 nitrogen and oxygen atoms in total. The summed E-state index contributed by atoms with van der Waals surface area (Å²) in [6.07, 6.45) is 3.80. The van der Waals surface area contributed by atoms with Gasteiger partial charge >= 0.3 is 0 Å². The molecule has 25 heavy (non-hydrogen) atoms. The fraction of sp³-hybridized carbons (Fsp3) is 0.250. The second-order valence-corrected chi connectivity index (χ2v) is 6.72. The average Bonchev–Trinajstić information content (AvgIpc) is 3.27. The molecule has 0 atom stereocenters. The molecule has 0 bridgehead atoms. The van der Waals surface area contributed by atoms with Gasteiger partial charge < -0.3 is 10.3 Å². The van der Waals surface area contributed by atoms with Crippen LogP contribution in [0.15, 0.2) is 48.7 Å². The minimum absolute atomic E-state index is 0.0191. The van der Waals surface area contributed by atoms with Crippen molar-refractivity contribution in [3.8, 4) is 0 Å². The van der Waals surface area contributed by atoms with E-state index in [0.717, 1.165) is 29.3 Å². The predicted molar refractivity (Wildman–Crippen MR) is 92.3 cm³/mol. The Morgan fingerprint density at radius 2 is 1.96 bits per heavy atom. The van der Waals surface area contributed by atoms with Crippen LogP contribution in [0.1, 0.15) is 24.0 Å². The van der Waals surface area contributed by atoms with Crippen molar-refractivity contribution in [3.05, 3.63) is 71.4 Å². The van der Waals surface area contributed by atoms with E-state index >= 15 is 0 Å². The number of halogens is 2.